The Morgan fingerprint density at radius 3 is 2.89 bits per heavy atom. The predicted molar refractivity (Wildman–Crippen MR) is 77.7 cm³/mol. The zero-order chi connectivity index (χ0) is 14.0. The number of H-pyrrole nitrogens is 1. The van der Waals surface area contributed by atoms with Crippen LogP contribution < -0.4 is 0 Å². The summed E-state index contributed by atoms with van der Waals surface area (Å²) in [5.41, 5.74) is 1.23. The summed E-state index contributed by atoms with van der Waals surface area (Å²) in [7, 11) is 0. The van der Waals surface area contributed by atoms with Crippen molar-refractivity contribution in [3.05, 3.63) is 23.2 Å². The number of nitrogens with one attached hydrogen (secondary N) is 1. The summed E-state index contributed by atoms with van der Waals surface area (Å²) in [5, 5.41) is 1.34. The molecule has 0 amide bonds. The second-order valence-electron chi connectivity index (χ2n) is 5.08. The van der Waals surface area contributed by atoms with Gasteiger partial charge in [-0.3, -0.25) is 4.79 Å². The van der Waals surface area contributed by atoms with Gasteiger partial charge in [0.1, 0.15) is 5.60 Å². The summed E-state index contributed by atoms with van der Waals surface area (Å²) < 4.78 is 5.23. The summed E-state index contributed by atoms with van der Waals surface area (Å²) in [6, 6.07) is 5.43. The number of esters is 1. The van der Waals surface area contributed by atoms with Crippen molar-refractivity contribution in [3.63, 3.8) is 0 Å². The van der Waals surface area contributed by atoms with Gasteiger partial charge < -0.3 is 9.72 Å². The van der Waals surface area contributed by atoms with Crippen LogP contribution in [0.25, 0.3) is 11.0 Å². The van der Waals surface area contributed by atoms with Crippen molar-refractivity contribution in [2.45, 2.75) is 31.5 Å². The molecule has 0 aliphatic carbocycles. The van der Waals surface area contributed by atoms with Gasteiger partial charge in [0.05, 0.1) is 16.8 Å². The van der Waals surface area contributed by atoms with E-state index < -0.39 is 5.60 Å². The third kappa shape index (κ3) is 4.14. The molecule has 0 saturated carbocycles. The quantitative estimate of drug-likeness (QED) is 0.694. The van der Waals surface area contributed by atoms with Gasteiger partial charge in [-0.2, -0.15) is 0 Å². The van der Waals surface area contributed by atoms with Crippen LogP contribution in [0.2, 0.25) is 5.02 Å². The maximum Gasteiger partial charge on any atom is 0.316 e. The number of halogens is 1. The molecule has 0 atom stereocenters. The standard InChI is InChI=1S/C13H15ClN2O2S/c1-13(2,3)18-11(17)7-19-12-15-9-5-4-8(14)6-10(9)16-12/h4-6H,7H2,1-3H3,(H,15,16). The molecule has 0 saturated heterocycles. The van der Waals surface area contributed by atoms with Gasteiger partial charge in [0.2, 0.25) is 0 Å². The fraction of sp³-hybridized carbons (Fsp3) is 0.385. The highest BCUT2D eigenvalue weighted by Crippen LogP contribution is 2.22. The zero-order valence-corrected chi connectivity index (χ0v) is 12.6. The Kier molecular flexibility index (Phi) is 4.06. The fourth-order valence-corrected chi connectivity index (χ4v) is 2.36. The summed E-state index contributed by atoms with van der Waals surface area (Å²) >= 11 is 7.22. The van der Waals surface area contributed by atoms with Gasteiger partial charge in [-0.05, 0) is 39.0 Å². The van der Waals surface area contributed by atoms with Gasteiger partial charge in [0.25, 0.3) is 0 Å². The second kappa shape index (κ2) is 5.43. The molecule has 1 aromatic heterocycles. The van der Waals surface area contributed by atoms with Gasteiger partial charge in [-0.1, -0.05) is 23.4 Å². The van der Waals surface area contributed by atoms with Gasteiger partial charge in [0, 0.05) is 5.02 Å². The number of carbonyl (C=O) groups is 1. The topological polar surface area (TPSA) is 55.0 Å². The molecular formula is C13H15ClN2O2S. The Labute approximate surface area is 120 Å². The molecule has 1 N–H and O–H groups in total. The SMILES string of the molecule is CC(C)(C)OC(=O)CSc1nc2ccc(Cl)cc2[nH]1. The van der Waals surface area contributed by atoms with Crippen LogP contribution in [0, 0.1) is 0 Å². The van der Waals surface area contributed by atoms with Crippen LogP contribution in [0.5, 0.6) is 0 Å². The van der Waals surface area contributed by atoms with E-state index in [-0.39, 0.29) is 11.7 Å². The molecule has 1 heterocycles. The first-order valence-electron chi connectivity index (χ1n) is 5.83. The summed E-state index contributed by atoms with van der Waals surface area (Å²) in [5.74, 6) is -0.0267. The van der Waals surface area contributed by atoms with Gasteiger partial charge in [-0.15, -0.1) is 0 Å². The Morgan fingerprint density at radius 1 is 1.47 bits per heavy atom. The van der Waals surface area contributed by atoms with E-state index in [0.29, 0.717) is 10.2 Å². The van der Waals surface area contributed by atoms with E-state index in [0.717, 1.165) is 11.0 Å². The molecule has 1 aromatic carbocycles. The Balaban J connectivity index is 2.00. The molecule has 102 valence electrons. The minimum Gasteiger partial charge on any atom is -0.459 e. The van der Waals surface area contributed by atoms with Gasteiger partial charge in [-0.25, -0.2) is 4.98 Å². The van der Waals surface area contributed by atoms with E-state index in [4.69, 9.17) is 16.3 Å². The molecule has 0 fully saturated rings. The number of fused-ring (bicyclic) bond motifs is 1. The highest BCUT2D eigenvalue weighted by Gasteiger charge is 2.16. The lowest BCUT2D eigenvalue weighted by Gasteiger charge is -2.18. The van der Waals surface area contributed by atoms with E-state index in [1.165, 1.54) is 11.8 Å². The smallest absolute Gasteiger partial charge is 0.316 e. The molecule has 2 aromatic rings. The Bertz CT molecular complexity index is 604. The van der Waals surface area contributed by atoms with Crippen molar-refractivity contribution in [3.8, 4) is 0 Å². The monoisotopic (exact) mass is 298 g/mol. The largest absolute Gasteiger partial charge is 0.459 e. The summed E-state index contributed by atoms with van der Waals surface area (Å²) in [6.07, 6.45) is 0. The maximum atomic E-state index is 11.6. The van der Waals surface area contributed by atoms with Crippen molar-refractivity contribution in [1.82, 2.24) is 9.97 Å². The average Bonchev–Trinajstić information content (AvgIpc) is 2.66. The number of ether oxygens (including phenoxy) is 1. The first-order valence-corrected chi connectivity index (χ1v) is 7.20. The van der Waals surface area contributed by atoms with Crippen LogP contribution in [-0.4, -0.2) is 27.3 Å². The molecule has 4 nitrogen and oxygen atoms in total. The zero-order valence-electron chi connectivity index (χ0n) is 11.0. The number of hydrogen-bond donors (Lipinski definition) is 1. The van der Waals surface area contributed by atoms with Gasteiger partial charge in [0.15, 0.2) is 5.16 Å². The molecule has 0 spiro atoms. The van der Waals surface area contributed by atoms with Crippen LogP contribution in [0.3, 0.4) is 0 Å². The van der Waals surface area contributed by atoms with Crippen molar-refractivity contribution in [1.29, 1.82) is 0 Å². The molecule has 6 heteroatoms. The first-order chi connectivity index (χ1) is 8.83. The second-order valence-corrected chi connectivity index (χ2v) is 6.48. The third-order valence-corrected chi connectivity index (χ3v) is 3.25. The van der Waals surface area contributed by atoms with E-state index >= 15 is 0 Å². The number of hydrogen-bond acceptors (Lipinski definition) is 4. The van der Waals surface area contributed by atoms with E-state index in [2.05, 4.69) is 9.97 Å². The number of thioether (sulfide) groups is 1. The molecule has 0 unspecified atom stereocenters. The van der Waals surface area contributed by atoms with Crippen molar-refractivity contribution < 1.29 is 9.53 Å². The maximum absolute atomic E-state index is 11.6. The van der Waals surface area contributed by atoms with Crippen molar-refractivity contribution in [2.24, 2.45) is 0 Å². The lowest BCUT2D eigenvalue weighted by atomic mass is 10.2. The minimum absolute atomic E-state index is 0.227. The number of nitrogens with zero attached hydrogens (tertiary/aromatic N) is 1. The number of rotatable bonds is 3. The molecule has 2 rings (SSSR count). The lowest BCUT2D eigenvalue weighted by molar-refractivity contribution is -0.151. The van der Waals surface area contributed by atoms with Crippen LogP contribution in [0.4, 0.5) is 0 Å². The van der Waals surface area contributed by atoms with E-state index in [1.807, 2.05) is 26.8 Å². The molecular weight excluding hydrogens is 284 g/mol. The number of aromatic nitrogens is 2. The number of imidazole rings is 1. The van der Waals surface area contributed by atoms with Crippen LogP contribution >= 0.6 is 23.4 Å². The van der Waals surface area contributed by atoms with E-state index in [9.17, 15) is 4.79 Å². The molecule has 0 aliphatic rings. The fourth-order valence-electron chi connectivity index (χ4n) is 1.53. The van der Waals surface area contributed by atoms with Crippen LogP contribution in [0.15, 0.2) is 23.4 Å². The first kappa shape index (κ1) is 14.2. The highest BCUT2D eigenvalue weighted by molar-refractivity contribution is 7.99. The molecule has 0 aliphatic heterocycles. The summed E-state index contributed by atoms with van der Waals surface area (Å²) in [6.45, 7) is 5.54. The lowest BCUT2D eigenvalue weighted by Crippen LogP contribution is -2.24. The number of benzene rings is 1. The van der Waals surface area contributed by atoms with Crippen molar-refractivity contribution in [2.75, 3.05) is 5.75 Å². The van der Waals surface area contributed by atoms with Crippen LogP contribution in [-0.2, 0) is 9.53 Å². The predicted octanol–water partition coefficient (Wildman–Crippen LogP) is 3.65. The van der Waals surface area contributed by atoms with Gasteiger partial charge >= 0.3 is 5.97 Å². The number of aromatic amines is 1. The van der Waals surface area contributed by atoms with Crippen LogP contribution in [0.1, 0.15) is 20.8 Å². The third-order valence-electron chi connectivity index (χ3n) is 2.17. The minimum atomic E-state index is -0.459. The molecule has 19 heavy (non-hydrogen) atoms. The normalized spacial score (nSPS) is 11.8. The summed E-state index contributed by atoms with van der Waals surface area (Å²) in [4.78, 5) is 19.1. The highest BCUT2D eigenvalue weighted by atomic mass is 35.5. The average molecular weight is 299 g/mol. The number of carbonyl (C=O) groups excluding carboxylic acids is 1. The molecule has 0 radical (unpaired) electrons. The van der Waals surface area contributed by atoms with Crippen molar-refractivity contribution >= 4 is 40.4 Å². The Morgan fingerprint density at radius 2 is 2.21 bits per heavy atom. The Hall–Kier alpha value is -1.20. The molecule has 0 bridgehead atoms. The van der Waals surface area contributed by atoms with E-state index in [1.54, 1.807) is 12.1 Å².